The Morgan fingerprint density at radius 3 is 1.78 bits per heavy atom. The molecule has 0 saturated heterocycles. The van der Waals surface area contributed by atoms with E-state index in [1.807, 2.05) is 0 Å². The summed E-state index contributed by atoms with van der Waals surface area (Å²) in [5, 5.41) is 0. The highest BCUT2D eigenvalue weighted by atomic mass is 14.0. The minimum absolute atomic E-state index is 0. The van der Waals surface area contributed by atoms with Crippen molar-refractivity contribution < 1.29 is 0 Å². The molecule has 9 heavy (non-hydrogen) atoms. The summed E-state index contributed by atoms with van der Waals surface area (Å²) >= 11 is 0. The zero-order chi connectivity index (χ0) is 5.11. The van der Waals surface area contributed by atoms with Crippen molar-refractivity contribution in [2.75, 3.05) is 0 Å². The van der Waals surface area contributed by atoms with Crippen molar-refractivity contribution >= 4 is 0 Å². The smallest absolute Gasteiger partial charge is 0.00817 e. The maximum atomic E-state index is 2.22. The van der Waals surface area contributed by atoms with E-state index < -0.39 is 0 Å². The molecule has 1 rings (SSSR count). The fourth-order valence-electron chi connectivity index (χ4n) is 0.729. The van der Waals surface area contributed by atoms with Crippen LogP contribution in [0.1, 0.15) is 28.2 Å². The van der Waals surface area contributed by atoms with Crippen LogP contribution in [0.15, 0.2) is 24.3 Å². The second-order valence-electron chi connectivity index (χ2n) is 1.95. The molecule has 0 spiro atoms. The molecule has 0 N–H and O–H groups in total. The third-order valence-corrected chi connectivity index (χ3v) is 1.15. The SMILES string of the molecule is C.C.CC1C=CCC=C1. The van der Waals surface area contributed by atoms with Crippen LogP contribution in [0.5, 0.6) is 0 Å². The molecule has 1 aliphatic carbocycles. The molecule has 0 fully saturated rings. The quantitative estimate of drug-likeness (QED) is 0.436. The van der Waals surface area contributed by atoms with E-state index in [-0.39, 0.29) is 14.9 Å². The Morgan fingerprint density at radius 1 is 1.11 bits per heavy atom. The van der Waals surface area contributed by atoms with E-state index in [9.17, 15) is 0 Å². The lowest BCUT2D eigenvalue weighted by atomic mass is 10.1. The molecule has 0 aromatic carbocycles. The fourth-order valence-corrected chi connectivity index (χ4v) is 0.729. The molecule has 0 aromatic heterocycles. The predicted molar refractivity (Wildman–Crippen MR) is 45.5 cm³/mol. The molecule has 0 unspecified atom stereocenters. The van der Waals surface area contributed by atoms with Gasteiger partial charge in [0.15, 0.2) is 0 Å². The van der Waals surface area contributed by atoms with E-state index in [1.54, 1.807) is 0 Å². The molecule has 0 radical (unpaired) electrons. The van der Waals surface area contributed by atoms with Crippen molar-refractivity contribution in [1.29, 1.82) is 0 Å². The third-order valence-electron chi connectivity index (χ3n) is 1.15. The zero-order valence-electron chi connectivity index (χ0n) is 4.59. The van der Waals surface area contributed by atoms with E-state index >= 15 is 0 Å². The summed E-state index contributed by atoms with van der Waals surface area (Å²) < 4.78 is 0. The largest absolute Gasteiger partial charge is 0.0842 e. The summed E-state index contributed by atoms with van der Waals surface area (Å²) in [6, 6.07) is 0. The van der Waals surface area contributed by atoms with Crippen molar-refractivity contribution in [2.45, 2.75) is 28.2 Å². The Bertz CT molecular complexity index is 86.6. The van der Waals surface area contributed by atoms with Crippen LogP contribution >= 0.6 is 0 Å². The molecule has 54 valence electrons. The van der Waals surface area contributed by atoms with E-state index in [2.05, 4.69) is 31.2 Å². The van der Waals surface area contributed by atoms with Gasteiger partial charge in [-0.1, -0.05) is 46.1 Å². The lowest BCUT2D eigenvalue weighted by Gasteiger charge is -1.99. The van der Waals surface area contributed by atoms with Gasteiger partial charge in [-0.15, -0.1) is 0 Å². The van der Waals surface area contributed by atoms with Crippen LogP contribution in [0.4, 0.5) is 0 Å². The molecule has 0 saturated carbocycles. The average Bonchev–Trinajstić information content (AvgIpc) is 1.69. The van der Waals surface area contributed by atoms with Crippen LogP contribution < -0.4 is 0 Å². The second-order valence-corrected chi connectivity index (χ2v) is 1.95. The highest BCUT2D eigenvalue weighted by Crippen LogP contribution is 2.06. The van der Waals surface area contributed by atoms with Crippen molar-refractivity contribution in [3.8, 4) is 0 Å². The van der Waals surface area contributed by atoms with Gasteiger partial charge in [0.25, 0.3) is 0 Å². The summed E-state index contributed by atoms with van der Waals surface area (Å²) in [5.41, 5.74) is 0. The minimum atomic E-state index is 0. The lowest BCUT2D eigenvalue weighted by molar-refractivity contribution is 0.911. The van der Waals surface area contributed by atoms with Gasteiger partial charge in [-0.2, -0.15) is 0 Å². The van der Waals surface area contributed by atoms with Crippen molar-refractivity contribution in [3.05, 3.63) is 24.3 Å². The normalized spacial score (nSPS) is 16.1. The van der Waals surface area contributed by atoms with Gasteiger partial charge in [-0.05, 0) is 12.3 Å². The van der Waals surface area contributed by atoms with Gasteiger partial charge in [-0.3, -0.25) is 0 Å². The Labute approximate surface area is 59.3 Å². The molecule has 0 heterocycles. The average molecular weight is 126 g/mol. The third kappa shape index (κ3) is 4.01. The van der Waals surface area contributed by atoms with E-state index in [4.69, 9.17) is 0 Å². The first-order valence-electron chi connectivity index (χ1n) is 2.73. The van der Waals surface area contributed by atoms with Crippen LogP contribution in [0.25, 0.3) is 0 Å². The van der Waals surface area contributed by atoms with Crippen LogP contribution in [-0.4, -0.2) is 0 Å². The molecule has 0 atom stereocenters. The summed E-state index contributed by atoms with van der Waals surface area (Å²) in [6.45, 7) is 2.19. The summed E-state index contributed by atoms with van der Waals surface area (Å²) in [4.78, 5) is 0. The second kappa shape index (κ2) is 5.61. The molecule has 0 aliphatic heterocycles. The Hall–Kier alpha value is -0.520. The number of allylic oxidation sites excluding steroid dienone is 4. The molecular formula is C9H18. The zero-order valence-corrected chi connectivity index (χ0v) is 4.59. The first-order chi connectivity index (χ1) is 3.39. The van der Waals surface area contributed by atoms with E-state index in [0.717, 1.165) is 6.42 Å². The number of hydrogen-bond donors (Lipinski definition) is 0. The minimum Gasteiger partial charge on any atom is -0.0842 e. The molecule has 0 amide bonds. The highest BCUT2D eigenvalue weighted by Gasteiger charge is 1.90. The maximum absolute atomic E-state index is 2.22. The van der Waals surface area contributed by atoms with Gasteiger partial charge in [0.05, 0.1) is 0 Å². The topological polar surface area (TPSA) is 0 Å². The highest BCUT2D eigenvalue weighted by molar-refractivity contribution is 5.06. The monoisotopic (exact) mass is 126 g/mol. The van der Waals surface area contributed by atoms with Gasteiger partial charge in [0.1, 0.15) is 0 Å². The van der Waals surface area contributed by atoms with Gasteiger partial charge in [0.2, 0.25) is 0 Å². The first kappa shape index (κ1) is 11.3. The lowest BCUT2D eigenvalue weighted by Crippen LogP contribution is -1.84. The standard InChI is InChI=1S/C7H10.2CH4/c1-7-5-3-2-4-6-7;;/h3-7H,2H2,1H3;2*1H4. The van der Waals surface area contributed by atoms with Gasteiger partial charge < -0.3 is 0 Å². The van der Waals surface area contributed by atoms with Crippen LogP contribution in [-0.2, 0) is 0 Å². The fraction of sp³-hybridized carbons (Fsp3) is 0.556. The van der Waals surface area contributed by atoms with Crippen LogP contribution in [0.3, 0.4) is 0 Å². The van der Waals surface area contributed by atoms with Crippen LogP contribution in [0.2, 0.25) is 0 Å². The molecule has 0 bridgehead atoms. The van der Waals surface area contributed by atoms with Crippen molar-refractivity contribution in [1.82, 2.24) is 0 Å². The summed E-state index contributed by atoms with van der Waals surface area (Å²) in [7, 11) is 0. The van der Waals surface area contributed by atoms with Gasteiger partial charge in [0, 0.05) is 0 Å². The summed E-state index contributed by atoms with van der Waals surface area (Å²) in [6.07, 6.45) is 9.97. The molecule has 0 aromatic rings. The Balaban J connectivity index is 0. The number of hydrogen-bond acceptors (Lipinski definition) is 0. The van der Waals surface area contributed by atoms with E-state index in [1.165, 1.54) is 0 Å². The Morgan fingerprint density at radius 2 is 1.56 bits per heavy atom. The summed E-state index contributed by atoms with van der Waals surface area (Å²) in [5.74, 6) is 0.675. The van der Waals surface area contributed by atoms with Crippen LogP contribution in [0, 0.1) is 5.92 Å². The first-order valence-corrected chi connectivity index (χ1v) is 2.73. The molecule has 1 aliphatic rings. The van der Waals surface area contributed by atoms with Crippen molar-refractivity contribution in [3.63, 3.8) is 0 Å². The van der Waals surface area contributed by atoms with Crippen molar-refractivity contribution in [2.24, 2.45) is 5.92 Å². The van der Waals surface area contributed by atoms with E-state index in [0.29, 0.717) is 5.92 Å². The molecular weight excluding hydrogens is 108 g/mol. The Kier molecular flexibility index (Phi) is 7.05. The van der Waals surface area contributed by atoms with Gasteiger partial charge >= 0.3 is 0 Å². The van der Waals surface area contributed by atoms with Gasteiger partial charge in [-0.25, -0.2) is 0 Å². The predicted octanol–water partition coefficient (Wildman–Crippen LogP) is 3.41. The molecule has 0 heteroatoms. The maximum Gasteiger partial charge on any atom is -0.00817 e. The molecule has 0 nitrogen and oxygen atoms in total. The number of rotatable bonds is 0.